The van der Waals surface area contributed by atoms with E-state index in [2.05, 4.69) is 5.32 Å². The van der Waals surface area contributed by atoms with E-state index in [0.717, 1.165) is 5.56 Å². The average Bonchev–Trinajstić information content (AvgIpc) is 2.37. The molecule has 2 rings (SSSR count). The van der Waals surface area contributed by atoms with Crippen LogP contribution in [0.2, 0.25) is 5.02 Å². The first-order valence-corrected chi connectivity index (χ1v) is 6.24. The molecule has 18 heavy (non-hydrogen) atoms. The molecule has 1 atom stereocenters. The number of imide groups is 1. The quantitative estimate of drug-likeness (QED) is 0.845. The van der Waals surface area contributed by atoms with Crippen LogP contribution in [-0.4, -0.2) is 29.8 Å². The van der Waals surface area contributed by atoms with Crippen molar-refractivity contribution in [1.82, 2.24) is 10.2 Å². The molecule has 1 fully saturated rings. The third-order valence-electron chi connectivity index (χ3n) is 3.15. The molecule has 1 N–H and O–H groups in total. The predicted molar refractivity (Wildman–Crippen MR) is 69.1 cm³/mol. The van der Waals surface area contributed by atoms with Gasteiger partial charge in [0.15, 0.2) is 0 Å². The Morgan fingerprint density at radius 3 is 2.83 bits per heavy atom. The fourth-order valence-corrected chi connectivity index (χ4v) is 2.18. The molecule has 5 heteroatoms. The fourth-order valence-electron chi connectivity index (χ4n) is 1.98. The van der Waals surface area contributed by atoms with Gasteiger partial charge in [0.2, 0.25) is 11.8 Å². The molecular weight excluding hydrogens is 252 g/mol. The topological polar surface area (TPSA) is 49.4 Å². The van der Waals surface area contributed by atoms with Crippen LogP contribution in [0.1, 0.15) is 18.4 Å². The highest BCUT2D eigenvalue weighted by atomic mass is 35.5. The van der Waals surface area contributed by atoms with Gasteiger partial charge in [-0.1, -0.05) is 29.8 Å². The van der Waals surface area contributed by atoms with Gasteiger partial charge in [-0.15, -0.1) is 0 Å². The molecule has 0 spiro atoms. The highest BCUT2D eigenvalue weighted by Crippen LogP contribution is 2.16. The third-order valence-corrected chi connectivity index (χ3v) is 3.52. The van der Waals surface area contributed by atoms with Gasteiger partial charge in [0.05, 0.1) is 6.04 Å². The third kappa shape index (κ3) is 2.71. The molecule has 0 aliphatic carbocycles. The van der Waals surface area contributed by atoms with Crippen LogP contribution in [0.5, 0.6) is 0 Å². The van der Waals surface area contributed by atoms with E-state index in [9.17, 15) is 9.59 Å². The minimum Gasteiger partial charge on any atom is -0.302 e. The van der Waals surface area contributed by atoms with Crippen LogP contribution in [0.4, 0.5) is 0 Å². The van der Waals surface area contributed by atoms with Gasteiger partial charge < -0.3 is 5.32 Å². The number of piperidine rings is 1. The Kier molecular flexibility index (Phi) is 3.99. The van der Waals surface area contributed by atoms with E-state index in [1.165, 1.54) is 11.9 Å². The number of hydrogen-bond acceptors (Lipinski definition) is 3. The van der Waals surface area contributed by atoms with E-state index >= 15 is 0 Å². The lowest BCUT2D eigenvalue weighted by Gasteiger charge is -2.28. The van der Waals surface area contributed by atoms with E-state index in [-0.39, 0.29) is 17.9 Å². The predicted octanol–water partition coefficient (Wildman–Crippen LogP) is 1.58. The van der Waals surface area contributed by atoms with Crippen LogP contribution in [0.25, 0.3) is 0 Å². The number of nitrogens with one attached hydrogen (secondary N) is 1. The Bertz CT molecular complexity index is 476. The number of carbonyl (C=O) groups excluding carboxylic acids is 2. The molecule has 1 unspecified atom stereocenters. The van der Waals surface area contributed by atoms with Crippen molar-refractivity contribution in [1.29, 1.82) is 0 Å². The molecule has 96 valence electrons. The summed E-state index contributed by atoms with van der Waals surface area (Å²) >= 11 is 6.04. The van der Waals surface area contributed by atoms with Crippen molar-refractivity contribution in [2.45, 2.75) is 25.4 Å². The van der Waals surface area contributed by atoms with Crippen molar-refractivity contribution in [3.8, 4) is 0 Å². The maximum absolute atomic E-state index is 11.9. The standard InChI is InChI=1S/C13H15ClN2O2/c1-16-12(17)7-6-11(13(16)18)15-8-9-4-2-3-5-10(9)14/h2-5,11,15H,6-8H2,1H3. The Morgan fingerprint density at radius 1 is 1.39 bits per heavy atom. The van der Waals surface area contributed by atoms with Crippen molar-refractivity contribution in [3.63, 3.8) is 0 Å². The number of halogens is 1. The molecule has 4 nitrogen and oxygen atoms in total. The largest absolute Gasteiger partial charge is 0.302 e. The molecule has 1 aromatic carbocycles. The van der Waals surface area contributed by atoms with Crippen molar-refractivity contribution >= 4 is 23.4 Å². The molecule has 0 radical (unpaired) electrons. The Hall–Kier alpha value is -1.39. The number of carbonyl (C=O) groups is 2. The lowest BCUT2D eigenvalue weighted by atomic mass is 10.0. The summed E-state index contributed by atoms with van der Waals surface area (Å²) in [5.41, 5.74) is 0.950. The summed E-state index contributed by atoms with van der Waals surface area (Å²) in [6, 6.07) is 7.20. The van der Waals surface area contributed by atoms with Gasteiger partial charge >= 0.3 is 0 Å². The Morgan fingerprint density at radius 2 is 2.11 bits per heavy atom. The second-order valence-electron chi connectivity index (χ2n) is 4.35. The van der Waals surface area contributed by atoms with Crippen molar-refractivity contribution < 1.29 is 9.59 Å². The summed E-state index contributed by atoms with van der Waals surface area (Å²) < 4.78 is 0. The fraction of sp³-hybridized carbons (Fsp3) is 0.385. The zero-order valence-electron chi connectivity index (χ0n) is 10.1. The lowest BCUT2D eigenvalue weighted by Crippen LogP contribution is -2.51. The van der Waals surface area contributed by atoms with Gasteiger partial charge in [0, 0.05) is 25.0 Å². The Labute approximate surface area is 111 Å². The number of hydrogen-bond donors (Lipinski definition) is 1. The van der Waals surface area contributed by atoms with Gasteiger partial charge in [-0.3, -0.25) is 14.5 Å². The highest BCUT2D eigenvalue weighted by Gasteiger charge is 2.31. The molecule has 1 aliphatic heterocycles. The van der Waals surface area contributed by atoms with Gasteiger partial charge in [-0.05, 0) is 18.1 Å². The van der Waals surface area contributed by atoms with Crippen LogP contribution >= 0.6 is 11.6 Å². The summed E-state index contributed by atoms with van der Waals surface area (Å²) in [7, 11) is 1.52. The lowest BCUT2D eigenvalue weighted by molar-refractivity contribution is -0.148. The first kappa shape index (κ1) is 13.1. The Balaban J connectivity index is 1.97. The van der Waals surface area contributed by atoms with E-state index in [1.54, 1.807) is 0 Å². The van der Waals surface area contributed by atoms with Gasteiger partial charge in [-0.25, -0.2) is 0 Å². The van der Waals surface area contributed by atoms with Crippen LogP contribution in [0.15, 0.2) is 24.3 Å². The number of likely N-dealkylation sites (N-methyl/N-ethyl adjacent to an activating group) is 1. The minimum atomic E-state index is -0.302. The number of likely N-dealkylation sites (tertiary alicyclic amines) is 1. The van der Waals surface area contributed by atoms with Crippen LogP contribution in [0.3, 0.4) is 0 Å². The molecular formula is C13H15ClN2O2. The van der Waals surface area contributed by atoms with Crippen LogP contribution < -0.4 is 5.32 Å². The molecule has 1 aromatic rings. The van der Waals surface area contributed by atoms with Gasteiger partial charge in [0.25, 0.3) is 0 Å². The zero-order valence-corrected chi connectivity index (χ0v) is 10.9. The molecule has 0 saturated carbocycles. The van der Waals surface area contributed by atoms with Crippen molar-refractivity contribution in [3.05, 3.63) is 34.9 Å². The first-order chi connectivity index (χ1) is 8.59. The molecule has 0 aromatic heterocycles. The molecule has 2 amide bonds. The molecule has 1 aliphatic rings. The molecule has 1 saturated heterocycles. The maximum Gasteiger partial charge on any atom is 0.246 e. The van der Waals surface area contributed by atoms with Crippen molar-refractivity contribution in [2.75, 3.05) is 7.05 Å². The second-order valence-corrected chi connectivity index (χ2v) is 4.76. The monoisotopic (exact) mass is 266 g/mol. The highest BCUT2D eigenvalue weighted by molar-refractivity contribution is 6.31. The number of nitrogens with zero attached hydrogens (tertiary/aromatic N) is 1. The number of amides is 2. The summed E-state index contributed by atoms with van der Waals surface area (Å²) in [5.74, 6) is -0.283. The molecule has 1 heterocycles. The minimum absolute atomic E-state index is 0.115. The summed E-state index contributed by atoms with van der Waals surface area (Å²) in [4.78, 5) is 24.4. The van der Waals surface area contributed by atoms with E-state index in [1.807, 2.05) is 24.3 Å². The van der Waals surface area contributed by atoms with Gasteiger partial charge in [0.1, 0.15) is 0 Å². The maximum atomic E-state index is 11.9. The number of rotatable bonds is 3. The summed E-state index contributed by atoms with van der Waals surface area (Å²) in [6.07, 6.45) is 0.953. The van der Waals surface area contributed by atoms with E-state index in [0.29, 0.717) is 24.4 Å². The zero-order chi connectivity index (χ0) is 13.1. The van der Waals surface area contributed by atoms with Crippen LogP contribution in [-0.2, 0) is 16.1 Å². The normalized spacial score (nSPS) is 20.3. The SMILES string of the molecule is CN1C(=O)CCC(NCc2ccccc2Cl)C1=O. The average molecular weight is 267 g/mol. The number of benzene rings is 1. The van der Waals surface area contributed by atoms with E-state index < -0.39 is 0 Å². The summed E-state index contributed by atoms with van der Waals surface area (Å²) in [5, 5.41) is 3.83. The van der Waals surface area contributed by atoms with Gasteiger partial charge in [-0.2, -0.15) is 0 Å². The summed E-state index contributed by atoms with van der Waals surface area (Å²) in [6.45, 7) is 0.526. The van der Waals surface area contributed by atoms with E-state index in [4.69, 9.17) is 11.6 Å². The first-order valence-electron chi connectivity index (χ1n) is 5.87. The smallest absolute Gasteiger partial charge is 0.246 e. The van der Waals surface area contributed by atoms with Crippen molar-refractivity contribution in [2.24, 2.45) is 0 Å². The molecule has 0 bridgehead atoms. The van der Waals surface area contributed by atoms with Crippen LogP contribution in [0, 0.1) is 0 Å². The second kappa shape index (κ2) is 5.50.